The van der Waals surface area contributed by atoms with E-state index >= 15 is 0 Å². The summed E-state index contributed by atoms with van der Waals surface area (Å²) < 4.78 is 5.09. The first-order chi connectivity index (χ1) is 9.22. The van der Waals surface area contributed by atoms with Crippen molar-refractivity contribution in [2.45, 2.75) is 18.9 Å². The smallest absolute Gasteiger partial charge is 0.321 e. The van der Waals surface area contributed by atoms with Gasteiger partial charge in [0.05, 0.1) is 7.11 Å². The van der Waals surface area contributed by atoms with Gasteiger partial charge in [-0.25, -0.2) is 4.79 Å². The summed E-state index contributed by atoms with van der Waals surface area (Å²) in [5, 5.41) is 6.14. The van der Waals surface area contributed by atoms with E-state index in [0.717, 1.165) is 37.4 Å². The molecule has 1 atom stereocenters. The molecule has 5 nitrogen and oxygen atoms in total. The van der Waals surface area contributed by atoms with E-state index in [9.17, 15) is 4.79 Å². The molecule has 0 unspecified atom stereocenters. The molecule has 2 amide bonds. The molecular weight excluding hydrogens is 242 g/mol. The third kappa shape index (κ3) is 3.61. The van der Waals surface area contributed by atoms with Gasteiger partial charge >= 0.3 is 6.03 Å². The van der Waals surface area contributed by atoms with Crippen molar-refractivity contribution in [1.29, 1.82) is 0 Å². The molecule has 1 aromatic carbocycles. The highest BCUT2D eigenvalue weighted by molar-refractivity contribution is 5.89. The number of carbonyl (C=O) groups is 1. The van der Waals surface area contributed by atoms with E-state index in [1.54, 1.807) is 7.11 Å². The minimum Gasteiger partial charge on any atom is -0.497 e. The normalized spacial score (nSPS) is 19.1. The Morgan fingerprint density at radius 2 is 2.11 bits per heavy atom. The van der Waals surface area contributed by atoms with Gasteiger partial charge in [-0.15, -0.1) is 0 Å². The summed E-state index contributed by atoms with van der Waals surface area (Å²) in [6.07, 6.45) is 2.17. The van der Waals surface area contributed by atoms with Gasteiger partial charge < -0.3 is 20.3 Å². The number of urea groups is 1. The summed E-state index contributed by atoms with van der Waals surface area (Å²) >= 11 is 0. The summed E-state index contributed by atoms with van der Waals surface area (Å²) in [6, 6.07) is 7.72. The van der Waals surface area contributed by atoms with Crippen LogP contribution in [0.3, 0.4) is 0 Å². The minimum atomic E-state index is -0.0369. The van der Waals surface area contributed by atoms with Crippen molar-refractivity contribution in [3.63, 3.8) is 0 Å². The average molecular weight is 263 g/mol. The molecule has 5 heteroatoms. The molecule has 1 fully saturated rings. The molecule has 0 aromatic heterocycles. The Labute approximate surface area is 113 Å². The SMILES string of the molecule is CN[C@H]1CCCN(C(=O)Nc2ccc(OC)cc2)C1. The summed E-state index contributed by atoms with van der Waals surface area (Å²) in [5.41, 5.74) is 0.789. The lowest BCUT2D eigenvalue weighted by molar-refractivity contribution is 0.187. The second-order valence-corrected chi connectivity index (χ2v) is 4.73. The molecular formula is C14H21N3O2. The zero-order valence-corrected chi connectivity index (χ0v) is 11.5. The number of hydrogen-bond acceptors (Lipinski definition) is 3. The molecule has 0 aliphatic carbocycles. The van der Waals surface area contributed by atoms with Crippen LogP contribution in [0.2, 0.25) is 0 Å². The molecule has 1 aliphatic heterocycles. The first-order valence-corrected chi connectivity index (χ1v) is 6.60. The van der Waals surface area contributed by atoms with Crippen LogP contribution >= 0.6 is 0 Å². The highest BCUT2D eigenvalue weighted by atomic mass is 16.5. The summed E-state index contributed by atoms with van der Waals surface area (Å²) in [5.74, 6) is 0.784. The van der Waals surface area contributed by atoms with Crippen LogP contribution in [0, 0.1) is 0 Å². The number of ether oxygens (including phenoxy) is 1. The van der Waals surface area contributed by atoms with Crippen LogP contribution in [-0.4, -0.2) is 44.2 Å². The average Bonchev–Trinajstić information content (AvgIpc) is 2.48. The maximum absolute atomic E-state index is 12.1. The van der Waals surface area contributed by atoms with Gasteiger partial charge in [0.1, 0.15) is 5.75 Å². The molecule has 1 aromatic rings. The zero-order valence-electron chi connectivity index (χ0n) is 11.5. The first-order valence-electron chi connectivity index (χ1n) is 6.60. The van der Waals surface area contributed by atoms with Crippen molar-refractivity contribution in [2.75, 3.05) is 32.6 Å². The van der Waals surface area contributed by atoms with Crippen molar-refractivity contribution < 1.29 is 9.53 Å². The van der Waals surface area contributed by atoms with Crippen molar-refractivity contribution >= 4 is 11.7 Å². The summed E-state index contributed by atoms with van der Waals surface area (Å²) in [6.45, 7) is 1.58. The lowest BCUT2D eigenvalue weighted by Gasteiger charge is -2.32. The Bertz CT molecular complexity index is 419. The number of hydrogen-bond donors (Lipinski definition) is 2. The number of anilines is 1. The van der Waals surface area contributed by atoms with E-state index < -0.39 is 0 Å². The van der Waals surface area contributed by atoms with Crippen LogP contribution < -0.4 is 15.4 Å². The number of carbonyl (C=O) groups excluding carboxylic acids is 1. The van der Waals surface area contributed by atoms with E-state index in [4.69, 9.17) is 4.74 Å². The predicted molar refractivity (Wildman–Crippen MR) is 75.7 cm³/mol. The number of likely N-dealkylation sites (tertiary alicyclic amines) is 1. The number of nitrogens with zero attached hydrogens (tertiary/aromatic N) is 1. The number of piperidine rings is 1. The molecule has 1 heterocycles. The number of amides is 2. The molecule has 0 radical (unpaired) electrons. The molecule has 104 valence electrons. The van der Waals surface area contributed by atoms with Gasteiger partial charge in [0.2, 0.25) is 0 Å². The fraction of sp³-hybridized carbons (Fsp3) is 0.500. The number of likely N-dealkylation sites (N-methyl/N-ethyl adjacent to an activating group) is 1. The maximum atomic E-state index is 12.1. The van der Waals surface area contributed by atoms with Gasteiger partial charge in [0, 0.05) is 24.8 Å². The van der Waals surface area contributed by atoms with Crippen molar-refractivity contribution in [3.8, 4) is 5.75 Å². The molecule has 1 aliphatic rings. The van der Waals surface area contributed by atoms with E-state index in [0.29, 0.717) is 6.04 Å². The second-order valence-electron chi connectivity index (χ2n) is 4.73. The van der Waals surface area contributed by atoms with Crippen LogP contribution in [-0.2, 0) is 0 Å². The minimum absolute atomic E-state index is 0.0369. The molecule has 2 rings (SSSR count). The molecule has 0 saturated carbocycles. The third-order valence-electron chi connectivity index (χ3n) is 3.46. The predicted octanol–water partition coefficient (Wildman–Crippen LogP) is 1.91. The molecule has 0 spiro atoms. The quantitative estimate of drug-likeness (QED) is 0.876. The first kappa shape index (κ1) is 13.7. The fourth-order valence-electron chi connectivity index (χ4n) is 2.27. The van der Waals surface area contributed by atoms with Crippen molar-refractivity contribution in [2.24, 2.45) is 0 Å². The Balaban J connectivity index is 1.92. The van der Waals surface area contributed by atoms with Crippen LogP contribution in [0.15, 0.2) is 24.3 Å². The van der Waals surface area contributed by atoms with Gasteiger partial charge in [-0.3, -0.25) is 0 Å². The Kier molecular flexibility index (Phi) is 4.63. The number of methoxy groups -OCH3 is 1. The largest absolute Gasteiger partial charge is 0.497 e. The number of benzene rings is 1. The Morgan fingerprint density at radius 3 is 2.74 bits per heavy atom. The lowest BCUT2D eigenvalue weighted by atomic mass is 10.1. The van der Waals surface area contributed by atoms with Crippen LogP contribution in [0.1, 0.15) is 12.8 Å². The topological polar surface area (TPSA) is 53.6 Å². The van der Waals surface area contributed by atoms with Gasteiger partial charge in [-0.2, -0.15) is 0 Å². The van der Waals surface area contributed by atoms with E-state index in [1.165, 1.54) is 0 Å². The maximum Gasteiger partial charge on any atom is 0.321 e. The van der Waals surface area contributed by atoms with E-state index in [2.05, 4.69) is 10.6 Å². The standard InChI is InChI=1S/C14H21N3O2/c1-15-12-4-3-9-17(10-12)14(18)16-11-5-7-13(19-2)8-6-11/h5-8,12,15H,3-4,9-10H2,1-2H3,(H,16,18)/t12-/m0/s1. The Morgan fingerprint density at radius 1 is 1.37 bits per heavy atom. The van der Waals surface area contributed by atoms with E-state index in [-0.39, 0.29) is 6.03 Å². The summed E-state index contributed by atoms with van der Waals surface area (Å²) in [7, 11) is 3.56. The van der Waals surface area contributed by atoms with Gasteiger partial charge in [-0.05, 0) is 44.2 Å². The zero-order chi connectivity index (χ0) is 13.7. The molecule has 0 bridgehead atoms. The molecule has 1 saturated heterocycles. The van der Waals surface area contributed by atoms with Crippen LogP contribution in [0.25, 0.3) is 0 Å². The highest BCUT2D eigenvalue weighted by Gasteiger charge is 2.22. The van der Waals surface area contributed by atoms with Gasteiger partial charge in [0.15, 0.2) is 0 Å². The molecule has 19 heavy (non-hydrogen) atoms. The molecule has 2 N–H and O–H groups in total. The number of rotatable bonds is 3. The van der Waals surface area contributed by atoms with Crippen LogP contribution in [0.4, 0.5) is 10.5 Å². The monoisotopic (exact) mass is 263 g/mol. The number of nitrogens with one attached hydrogen (secondary N) is 2. The second kappa shape index (κ2) is 6.43. The van der Waals surface area contributed by atoms with Gasteiger partial charge in [0.25, 0.3) is 0 Å². The third-order valence-corrected chi connectivity index (χ3v) is 3.46. The van der Waals surface area contributed by atoms with E-state index in [1.807, 2.05) is 36.2 Å². The Hall–Kier alpha value is -1.75. The fourth-order valence-corrected chi connectivity index (χ4v) is 2.27. The summed E-state index contributed by atoms with van der Waals surface area (Å²) in [4.78, 5) is 14.0. The van der Waals surface area contributed by atoms with Gasteiger partial charge in [-0.1, -0.05) is 0 Å². The highest BCUT2D eigenvalue weighted by Crippen LogP contribution is 2.16. The van der Waals surface area contributed by atoms with Crippen molar-refractivity contribution in [3.05, 3.63) is 24.3 Å². The lowest BCUT2D eigenvalue weighted by Crippen LogP contribution is -2.48. The van der Waals surface area contributed by atoms with Crippen molar-refractivity contribution in [1.82, 2.24) is 10.2 Å². The van der Waals surface area contributed by atoms with Crippen LogP contribution in [0.5, 0.6) is 5.75 Å².